The van der Waals surface area contributed by atoms with Crippen LogP contribution in [0.15, 0.2) is 35.2 Å². The first-order valence-electron chi connectivity index (χ1n) is 8.42. The monoisotopic (exact) mass is 329 g/mol. The van der Waals surface area contributed by atoms with Crippen LogP contribution in [0.25, 0.3) is 0 Å². The van der Waals surface area contributed by atoms with Gasteiger partial charge in [-0.25, -0.2) is 4.98 Å². The van der Waals surface area contributed by atoms with Gasteiger partial charge in [-0.05, 0) is 25.0 Å². The predicted molar refractivity (Wildman–Crippen MR) is 91.9 cm³/mol. The Morgan fingerprint density at radius 2 is 2.04 bits per heavy atom. The molecule has 5 heteroatoms. The van der Waals surface area contributed by atoms with Gasteiger partial charge in [0.05, 0.1) is 16.5 Å². The molecular weight excluding hydrogens is 306 g/mol. The summed E-state index contributed by atoms with van der Waals surface area (Å²) in [6.45, 7) is 2.82. The zero-order valence-corrected chi connectivity index (χ0v) is 14.4. The maximum atomic E-state index is 12.4. The molecule has 1 aliphatic heterocycles. The summed E-state index contributed by atoms with van der Waals surface area (Å²) in [5.41, 5.74) is 2.65. The highest BCUT2D eigenvalue weighted by molar-refractivity contribution is 7.85. The zero-order chi connectivity index (χ0) is 15.8. The lowest BCUT2D eigenvalue weighted by Gasteiger charge is -2.26. The lowest BCUT2D eigenvalue weighted by atomic mass is 10.1. The van der Waals surface area contributed by atoms with Crippen LogP contribution in [0.4, 0.5) is 0 Å². The largest absolute Gasteiger partial charge is 0.335 e. The summed E-state index contributed by atoms with van der Waals surface area (Å²) in [5.74, 6) is 2.68. The Morgan fingerprint density at radius 1 is 1.26 bits per heavy atom. The summed E-state index contributed by atoms with van der Waals surface area (Å²) in [6, 6.07) is 9.77. The van der Waals surface area contributed by atoms with Gasteiger partial charge in [0.15, 0.2) is 0 Å². The van der Waals surface area contributed by atoms with E-state index in [9.17, 15) is 4.21 Å². The van der Waals surface area contributed by atoms with Crippen molar-refractivity contribution in [1.82, 2.24) is 14.5 Å². The van der Waals surface area contributed by atoms with E-state index in [2.05, 4.69) is 16.5 Å². The van der Waals surface area contributed by atoms with Crippen molar-refractivity contribution in [3.63, 3.8) is 0 Å². The van der Waals surface area contributed by atoms with E-state index in [0.717, 1.165) is 31.0 Å². The molecule has 0 spiro atoms. The van der Waals surface area contributed by atoms with Crippen molar-refractivity contribution in [3.05, 3.63) is 47.5 Å². The summed E-state index contributed by atoms with van der Waals surface area (Å²) < 4.78 is 14.7. The van der Waals surface area contributed by atoms with Gasteiger partial charge < -0.3 is 4.57 Å². The quantitative estimate of drug-likeness (QED) is 0.846. The van der Waals surface area contributed by atoms with E-state index in [-0.39, 0.29) is 0 Å². The number of aromatic nitrogens is 2. The first-order chi connectivity index (χ1) is 11.2. The van der Waals surface area contributed by atoms with Gasteiger partial charge in [0.1, 0.15) is 5.82 Å². The fourth-order valence-electron chi connectivity index (χ4n) is 3.40. The van der Waals surface area contributed by atoms with Crippen molar-refractivity contribution in [1.29, 1.82) is 0 Å². The standard InChI is InChI=1S/C18H23N3OS/c1-20-17-9-10-21(13-16(17)19-18(20)14-7-8-14)11-12-23(22)15-5-3-2-4-6-15/h2-6,14H,7-13H2,1H3. The Morgan fingerprint density at radius 3 is 2.78 bits per heavy atom. The number of hydrogen-bond donors (Lipinski definition) is 0. The van der Waals surface area contributed by atoms with Gasteiger partial charge in [0, 0.05) is 55.4 Å². The van der Waals surface area contributed by atoms with E-state index in [4.69, 9.17) is 4.98 Å². The molecule has 1 fully saturated rings. The van der Waals surface area contributed by atoms with Gasteiger partial charge in [0.25, 0.3) is 0 Å². The second kappa shape index (κ2) is 6.21. The number of benzene rings is 1. The van der Waals surface area contributed by atoms with Crippen molar-refractivity contribution >= 4 is 10.8 Å². The van der Waals surface area contributed by atoms with Crippen LogP contribution in [0, 0.1) is 0 Å². The number of rotatable bonds is 5. The van der Waals surface area contributed by atoms with E-state index in [1.165, 1.54) is 30.1 Å². The van der Waals surface area contributed by atoms with Gasteiger partial charge in [-0.1, -0.05) is 18.2 Å². The van der Waals surface area contributed by atoms with Crippen LogP contribution in [0.5, 0.6) is 0 Å². The maximum Gasteiger partial charge on any atom is 0.112 e. The molecule has 1 aromatic carbocycles. The SMILES string of the molecule is Cn1c(C2CC2)nc2c1CCN(CCS(=O)c1ccccc1)C2. The molecule has 1 aromatic heterocycles. The molecule has 1 unspecified atom stereocenters. The highest BCUT2D eigenvalue weighted by Crippen LogP contribution is 2.40. The molecule has 0 saturated heterocycles. The highest BCUT2D eigenvalue weighted by atomic mass is 32.2. The third-order valence-corrected chi connectivity index (χ3v) is 6.26. The Kier molecular flexibility index (Phi) is 4.07. The van der Waals surface area contributed by atoms with Crippen LogP contribution in [0.2, 0.25) is 0 Å². The topological polar surface area (TPSA) is 38.1 Å². The summed E-state index contributed by atoms with van der Waals surface area (Å²) in [6.07, 6.45) is 3.65. The molecule has 0 bridgehead atoms. The number of fused-ring (bicyclic) bond motifs is 1. The van der Waals surface area contributed by atoms with Crippen LogP contribution in [-0.4, -0.2) is 37.5 Å². The lowest BCUT2D eigenvalue weighted by Crippen LogP contribution is -2.34. The molecule has 1 saturated carbocycles. The van der Waals surface area contributed by atoms with Gasteiger partial charge in [0.2, 0.25) is 0 Å². The number of nitrogens with zero attached hydrogens (tertiary/aromatic N) is 3. The molecule has 23 heavy (non-hydrogen) atoms. The van der Waals surface area contributed by atoms with E-state index in [1.807, 2.05) is 30.3 Å². The van der Waals surface area contributed by atoms with E-state index < -0.39 is 10.8 Å². The maximum absolute atomic E-state index is 12.4. The number of imidazole rings is 1. The average Bonchev–Trinajstić information content (AvgIpc) is 3.38. The van der Waals surface area contributed by atoms with Crippen LogP contribution < -0.4 is 0 Å². The second-order valence-corrected chi connectivity index (χ2v) is 8.16. The summed E-state index contributed by atoms with van der Waals surface area (Å²) >= 11 is 0. The molecule has 1 atom stereocenters. The summed E-state index contributed by atoms with van der Waals surface area (Å²) in [4.78, 5) is 8.22. The van der Waals surface area contributed by atoms with Crippen molar-refractivity contribution in [2.45, 2.75) is 36.6 Å². The van der Waals surface area contributed by atoms with E-state index in [1.54, 1.807) is 0 Å². The van der Waals surface area contributed by atoms with Gasteiger partial charge in [-0.2, -0.15) is 0 Å². The van der Waals surface area contributed by atoms with Gasteiger partial charge >= 0.3 is 0 Å². The van der Waals surface area contributed by atoms with Crippen LogP contribution in [0.1, 0.15) is 36.0 Å². The smallest absolute Gasteiger partial charge is 0.112 e. The molecule has 0 N–H and O–H groups in total. The predicted octanol–water partition coefficient (Wildman–Crippen LogP) is 2.46. The van der Waals surface area contributed by atoms with Gasteiger partial charge in [-0.15, -0.1) is 0 Å². The van der Waals surface area contributed by atoms with E-state index in [0.29, 0.717) is 11.7 Å². The van der Waals surface area contributed by atoms with Crippen molar-refractivity contribution in [3.8, 4) is 0 Å². The molecule has 0 amide bonds. The van der Waals surface area contributed by atoms with Crippen LogP contribution in [-0.2, 0) is 30.8 Å². The minimum Gasteiger partial charge on any atom is -0.335 e. The molecule has 2 aliphatic rings. The highest BCUT2D eigenvalue weighted by Gasteiger charge is 2.31. The second-order valence-electron chi connectivity index (χ2n) is 6.59. The third-order valence-electron chi connectivity index (χ3n) is 4.91. The van der Waals surface area contributed by atoms with Gasteiger partial charge in [-0.3, -0.25) is 9.11 Å². The molecule has 0 radical (unpaired) electrons. The first-order valence-corrected chi connectivity index (χ1v) is 9.74. The Balaban J connectivity index is 1.39. The fraction of sp³-hybridized carbons (Fsp3) is 0.500. The van der Waals surface area contributed by atoms with Crippen molar-refractivity contribution in [2.24, 2.45) is 7.05 Å². The molecule has 2 heterocycles. The lowest BCUT2D eigenvalue weighted by molar-refractivity contribution is 0.263. The Labute approximate surface area is 140 Å². The molecule has 4 nitrogen and oxygen atoms in total. The zero-order valence-electron chi connectivity index (χ0n) is 13.6. The molecule has 122 valence electrons. The minimum absolute atomic E-state index is 0.696. The Hall–Kier alpha value is -1.46. The first kappa shape index (κ1) is 15.1. The normalized spacial score (nSPS) is 19.5. The summed E-state index contributed by atoms with van der Waals surface area (Å²) in [5, 5.41) is 0. The van der Waals surface area contributed by atoms with Crippen LogP contribution in [0.3, 0.4) is 0 Å². The third kappa shape index (κ3) is 3.12. The molecule has 2 aromatic rings. The van der Waals surface area contributed by atoms with Crippen molar-refractivity contribution in [2.75, 3.05) is 18.8 Å². The fourth-order valence-corrected chi connectivity index (χ4v) is 4.52. The Bertz CT molecular complexity index is 721. The molecule has 1 aliphatic carbocycles. The molecular formula is C18H23N3OS. The minimum atomic E-state index is -0.907. The summed E-state index contributed by atoms with van der Waals surface area (Å²) in [7, 11) is 1.26. The number of hydrogen-bond acceptors (Lipinski definition) is 3. The molecule has 4 rings (SSSR count). The van der Waals surface area contributed by atoms with Crippen molar-refractivity contribution < 1.29 is 4.21 Å². The average molecular weight is 329 g/mol. The van der Waals surface area contributed by atoms with E-state index >= 15 is 0 Å². The van der Waals surface area contributed by atoms with Crippen LogP contribution >= 0.6 is 0 Å².